The van der Waals surface area contributed by atoms with E-state index >= 15 is 0 Å². The molecule has 0 fully saturated rings. The molecule has 0 saturated heterocycles. The standard InChI is InChI=1S/C20H24ClNO2.ClH/c1-20(2)11-15-9-18(23-3)19(24-4)10-16(15)13-22(20)12-14-7-5-6-8-17(14)21;/h5-10H,11-13H2,1-4H3;1H. The zero-order chi connectivity index (χ0) is 17.3. The number of hydrogen-bond acceptors (Lipinski definition) is 2. The summed E-state index contributed by atoms with van der Waals surface area (Å²) in [5.74, 6) is 1.61. The van der Waals surface area contributed by atoms with Gasteiger partial charge >= 0.3 is 0 Å². The molecule has 2 aromatic carbocycles. The summed E-state index contributed by atoms with van der Waals surface area (Å²) in [6.45, 7) is 6.51. The Labute approximate surface area is 161 Å². The van der Waals surface area contributed by atoms with Crippen LogP contribution in [0, 0.1) is 0 Å². The van der Waals surface area contributed by atoms with Crippen LogP contribution >= 0.6 is 11.6 Å². The van der Waals surface area contributed by atoms with Crippen LogP contribution in [0.15, 0.2) is 36.4 Å². The highest BCUT2D eigenvalue weighted by atomic mass is 35.5. The maximum Gasteiger partial charge on any atom is 0.161 e. The lowest BCUT2D eigenvalue weighted by Crippen LogP contribution is -3.18. The molecule has 1 N–H and O–H groups in total. The predicted octanol–water partition coefficient (Wildman–Crippen LogP) is 0.281. The third-order valence-corrected chi connectivity index (χ3v) is 5.43. The molecular formula is C20H25Cl2NO2. The predicted molar refractivity (Wildman–Crippen MR) is 97.2 cm³/mol. The lowest BCUT2D eigenvalue weighted by molar-refractivity contribution is -0.977. The van der Waals surface area contributed by atoms with Crippen molar-refractivity contribution < 1.29 is 26.8 Å². The van der Waals surface area contributed by atoms with Crippen molar-refractivity contribution in [2.45, 2.75) is 38.9 Å². The highest BCUT2D eigenvalue weighted by molar-refractivity contribution is 6.31. The normalized spacial score (nSPS) is 18.0. The second kappa shape index (κ2) is 7.86. The Balaban J connectivity index is 0.00000225. The Morgan fingerprint density at radius 1 is 1.04 bits per heavy atom. The van der Waals surface area contributed by atoms with Gasteiger partial charge in [0.25, 0.3) is 0 Å². The molecule has 3 nitrogen and oxygen atoms in total. The number of hydrogen-bond donors (Lipinski definition) is 1. The Hall–Kier alpha value is -1.42. The third kappa shape index (κ3) is 4.05. The molecule has 1 unspecified atom stereocenters. The summed E-state index contributed by atoms with van der Waals surface area (Å²) in [5.41, 5.74) is 4.01. The Kier molecular flexibility index (Phi) is 6.26. The van der Waals surface area contributed by atoms with Gasteiger partial charge in [0.2, 0.25) is 0 Å². The van der Waals surface area contributed by atoms with Gasteiger partial charge in [0.1, 0.15) is 13.1 Å². The van der Waals surface area contributed by atoms with Crippen molar-refractivity contribution in [3.63, 3.8) is 0 Å². The largest absolute Gasteiger partial charge is 1.00 e. The summed E-state index contributed by atoms with van der Waals surface area (Å²) in [6, 6.07) is 12.4. The van der Waals surface area contributed by atoms with Gasteiger partial charge in [0, 0.05) is 22.6 Å². The number of quaternary nitrogens is 1. The molecular weight excluding hydrogens is 357 g/mol. The van der Waals surface area contributed by atoms with Gasteiger partial charge in [-0.05, 0) is 37.6 Å². The minimum Gasteiger partial charge on any atom is -1.00 e. The molecule has 0 spiro atoms. The molecule has 0 amide bonds. The molecule has 0 bridgehead atoms. The monoisotopic (exact) mass is 381 g/mol. The first-order valence-electron chi connectivity index (χ1n) is 8.27. The molecule has 0 saturated carbocycles. The van der Waals surface area contributed by atoms with Crippen LogP contribution in [0.5, 0.6) is 11.5 Å². The SMILES string of the molecule is COc1cc2c(cc1OC)CC(C)(C)[NH+](Cc1ccccc1Cl)C2.[Cl-]. The molecule has 25 heavy (non-hydrogen) atoms. The van der Waals surface area contributed by atoms with Crippen molar-refractivity contribution in [3.8, 4) is 11.5 Å². The van der Waals surface area contributed by atoms with Gasteiger partial charge in [-0.3, -0.25) is 0 Å². The quantitative estimate of drug-likeness (QED) is 0.821. The molecule has 1 heterocycles. The number of fused-ring (bicyclic) bond motifs is 1. The fourth-order valence-electron chi connectivity index (χ4n) is 3.54. The molecule has 5 heteroatoms. The summed E-state index contributed by atoms with van der Waals surface area (Å²) in [6.07, 6.45) is 1.00. The van der Waals surface area contributed by atoms with Crippen LogP contribution in [-0.2, 0) is 19.5 Å². The van der Waals surface area contributed by atoms with Gasteiger partial charge in [0.15, 0.2) is 11.5 Å². The van der Waals surface area contributed by atoms with Crippen LogP contribution in [0.2, 0.25) is 5.02 Å². The van der Waals surface area contributed by atoms with Gasteiger partial charge in [-0.1, -0.05) is 29.8 Å². The summed E-state index contributed by atoms with van der Waals surface area (Å²) in [7, 11) is 3.37. The van der Waals surface area contributed by atoms with Gasteiger partial charge in [-0.25, -0.2) is 0 Å². The van der Waals surface area contributed by atoms with Crippen LogP contribution < -0.4 is 26.8 Å². The van der Waals surface area contributed by atoms with Crippen molar-refractivity contribution >= 4 is 11.6 Å². The summed E-state index contributed by atoms with van der Waals surface area (Å²) in [5, 5.41) is 0.846. The number of halogens is 2. The number of nitrogens with one attached hydrogen (secondary N) is 1. The highest BCUT2D eigenvalue weighted by Gasteiger charge is 2.37. The Morgan fingerprint density at radius 2 is 1.64 bits per heavy atom. The summed E-state index contributed by atoms with van der Waals surface area (Å²) < 4.78 is 10.9. The third-order valence-electron chi connectivity index (χ3n) is 5.06. The average Bonchev–Trinajstić information content (AvgIpc) is 2.56. The van der Waals surface area contributed by atoms with E-state index in [4.69, 9.17) is 21.1 Å². The molecule has 0 aliphatic carbocycles. The zero-order valence-corrected chi connectivity index (χ0v) is 16.7. The van der Waals surface area contributed by atoms with E-state index in [0.717, 1.165) is 36.0 Å². The van der Waals surface area contributed by atoms with E-state index in [-0.39, 0.29) is 17.9 Å². The van der Waals surface area contributed by atoms with E-state index in [2.05, 4.69) is 38.1 Å². The molecule has 136 valence electrons. The van der Waals surface area contributed by atoms with Gasteiger partial charge in [-0.15, -0.1) is 0 Å². The maximum atomic E-state index is 6.37. The first-order chi connectivity index (χ1) is 11.4. The minimum absolute atomic E-state index is 0. The van der Waals surface area contributed by atoms with Crippen LogP contribution in [0.3, 0.4) is 0 Å². The topological polar surface area (TPSA) is 22.9 Å². The molecule has 1 aliphatic heterocycles. The number of methoxy groups -OCH3 is 2. The van der Waals surface area contributed by atoms with Crippen molar-refractivity contribution in [2.24, 2.45) is 0 Å². The molecule has 0 radical (unpaired) electrons. The van der Waals surface area contributed by atoms with Crippen molar-refractivity contribution in [3.05, 3.63) is 58.1 Å². The Morgan fingerprint density at radius 3 is 2.24 bits per heavy atom. The molecule has 2 aromatic rings. The fourth-order valence-corrected chi connectivity index (χ4v) is 3.74. The highest BCUT2D eigenvalue weighted by Crippen LogP contribution is 2.33. The first kappa shape index (κ1) is 19.9. The van der Waals surface area contributed by atoms with Crippen LogP contribution in [0.25, 0.3) is 0 Å². The second-order valence-electron chi connectivity index (χ2n) is 7.09. The van der Waals surface area contributed by atoms with Crippen molar-refractivity contribution in [1.29, 1.82) is 0 Å². The second-order valence-corrected chi connectivity index (χ2v) is 7.49. The van der Waals surface area contributed by atoms with Crippen molar-refractivity contribution in [1.82, 2.24) is 0 Å². The van der Waals surface area contributed by atoms with Crippen LogP contribution in [0.1, 0.15) is 30.5 Å². The van der Waals surface area contributed by atoms with Gasteiger partial charge in [0.05, 0.1) is 19.8 Å². The minimum atomic E-state index is 0. The van der Waals surface area contributed by atoms with E-state index in [1.54, 1.807) is 14.2 Å². The summed E-state index contributed by atoms with van der Waals surface area (Å²) in [4.78, 5) is 1.51. The summed E-state index contributed by atoms with van der Waals surface area (Å²) >= 11 is 6.37. The van der Waals surface area contributed by atoms with Gasteiger partial charge in [-0.2, -0.15) is 0 Å². The van der Waals surface area contributed by atoms with Crippen molar-refractivity contribution in [2.75, 3.05) is 14.2 Å². The molecule has 1 atom stereocenters. The number of benzene rings is 2. The maximum absolute atomic E-state index is 6.37. The molecule has 1 aliphatic rings. The number of ether oxygens (including phenoxy) is 2. The van der Waals surface area contributed by atoms with E-state index in [1.807, 2.05) is 12.1 Å². The molecule has 0 aromatic heterocycles. The van der Waals surface area contributed by atoms with E-state index in [1.165, 1.54) is 21.6 Å². The fraction of sp³-hybridized carbons (Fsp3) is 0.400. The van der Waals surface area contributed by atoms with E-state index < -0.39 is 0 Å². The van der Waals surface area contributed by atoms with Crippen LogP contribution in [-0.4, -0.2) is 19.8 Å². The van der Waals surface area contributed by atoms with E-state index in [0.29, 0.717) is 0 Å². The number of rotatable bonds is 4. The molecule has 3 rings (SSSR count). The average molecular weight is 382 g/mol. The van der Waals surface area contributed by atoms with E-state index in [9.17, 15) is 0 Å². The Bertz CT molecular complexity index is 746. The first-order valence-corrected chi connectivity index (χ1v) is 8.65. The lowest BCUT2D eigenvalue weighted by Gasteiger charge is -2.40. The zero-order valence-electron chi connectivity index (χ0n) is 15.2. The van der Waals surface area contributed by atoms with Crippen LogP contribution in [0.4, 0.5) is 0 Å². The smallest absolute Gasteiger partial charge is 0.161 e. The van der Waals surface area contributed by atoms with Gasteiger partial charge < -0.3 is 26.8 Å². The lowest BCUT2D eigenvalue weighted by atomic mass is 9.85.